The average molecular weight is 405 g/mol. The molecule has 0 saturated heterocycles. The number of benzene rings is 3. The van der Waals surface area contributed by atoms with Gasteiger partial charge in [-0.2, -0.15) is 0 Å². The van der Waals surface area contributed by atoms with Crippen molar-refractivity contribution in [2.75, 3.05) is 16.4 Å². The zero-order chi connectivity index (χ0) is 20.8. The third kappa shape index (κ3) is 5.72. The van der Waals surface area contributed by atoms with E-state index in [-0.39, 0.29) is 11.8 Å². The van der Waals surface area contributed by atoms with Gasteiger partial charge in [0.25, 0.3) is 5.91 Å². The highest BCUT2D eigenvalue weighted by Gasteiger charge is 2.10. The second kappa shape index (κ2) is 9.43. The summed E-state index contributed by atoms with van der Waals surface area (Å²) in [5, 5.41) is 5.85. The van der Waals surface area contributed by atoms with Gasteiger partial charge in [0.1, 0.15) is 0 Å². The Kier molecular flexibility index (Phi) is 6.73. The molecule has 0 aliphatic carbocycles. The van der Waals surface area contributed by atoms with Gasteiger partial charge >= 0.3 is 0 Å². The smallest absolute Gasteiger partial charge is 0.255 e. The van der Waals surface area contributed by atoms with Gasteiger partial charge in [0.05, 0.1) is 5.75 Å². The topological polar surface area (TPSA) is 58.2 Å². The summed E-state index contributed by atoms with van der Waals surface area (Å²) in [5.41, 5.74) is 5.43. The lowest BCUT2D eigenvalue weighted by Crippen LogP contribution is -2.14. The third-order valence-electron chi connectivity index (χ3n) is 4.64. The molecule has 0 radical (unpaired) electrons. The number of nitrogens with one attached hydrogen (secondary N) is 2. The van der Waals surface area contributed by atoms with Crippen molar-refractivity contribution in [2.45, 2.75) is 25.7 Å². The van der Waals surface area contributed by atoms with E-state index in [2.05, 4.69) is 10.6 Å². The summed E-state index contributed by atoms with van der Waals surface area (Å²) in [7, 11) is 0. The maximum atomic E-state index is 12.5. The zero-order valence-electron chi connectivity index (χ0n) is 16.8. The second-order valence-corrected chi connectivity index (χ2v) is 7.98. The molecule has 4 nitrogen and oxygen atoms in total. The van der Waals surface area contributed by atoms with E-state index in [4.69, 9.17) is 0 Å². The Morgan fingerprint density at radius 1 is 0.759 bits per heavy atom. The largest absolute Gasteiger partial charge is 0.325 e. The molecule has 0 unspecified atom stereocenters. The van der Waals surface area contributed by atoms with Gasteiger partial charge in [0.15, 0.2) is 0 Å². The molecule has 148 valence electrons. The minimum Gasteiger partial charge on any atom is -0.325 e. The maximum absolute atomic E-state index is 12.5. The van der Waals surface area contributed by atoms with E-state index in [1.165, 1.54) is 17.3 Å². The van der Waals surface area contributed by atoms with Crippen molar-refractivity contribution < 1.29 is 9.59 Å². The van der Waals surface area contributed by atoms with Crippen molar-refractivity contribution in [3.63, 3.8) is 0 Å². The van der Waals surface area contributed by atoms with E-state index in [1.54, 1.807) is 6.07 Å². The van der Waals surface area contributed by atoms with Gasteiger partial charge in [-0.15, -0.1) is 11.8 Å². The van der Waals surface area contributed by atoms with Crippen LogP contribution in [0.2, 0.25) is 0 Å². The number of amides is 2. The summed E-state index contributed by atoms with van der Waals surface area (Å²) in [6.45, 7) is 5.98. The predicted molar refractivity (Wildman–Crippen MR) is 121 cm³/mol. The lowest BCUT2D eigenvalue weighted by atomic mass is 10.1. The van der Waals surface area contributed by atoms with E-state index >= 15 is 0 Å². The van der Waals surface area contributed by atoms with E-state index < -0.39 is 0 Å². The first-order valence-corrected chi connectivity index (χ1v) is 10.4. The van der Waals surface area contributed by atoms with Gasteiger partial charge in [-0.25, -0.2) is 0 Å². The van der Waals surface area contributed by atoms with Gasteiger partial charge in [-0.3, -0.25) is 9.59 Å². The molecule has 0 heterocycles. The normalized spacial score (nSPS) is 10.4. The van der Waals surface area contributed by atoms with Crippen LogP contribution in [0, 0.1) is 20.8 Å². The van der Waals surface area contributed by atoms with Crippen LogP contribution in [-0.2, 0) is 4.79 Å². The molecule has 0 aliphatic heterocycles. The fourth-order valence-electron chi connectivity index (χ4n) is 2.85. The summed E-state index contributed by atoms with van der Waals surface area (Å²) >= 11 is 1.43. The van der Waals surface area contributed by atoms with Crippen molar-refractivity contribution in [3.8, 4) is 0 Å². The summed E-state index contributed by atoms with van der Waals surface area (Å²) < 4.78 is 0. The fourth-order valence-corrected chi connectivity index (χ4v) is 3.61. The van der Waals surface area contributed by atoms with Crippen molar-refractivity contribution in [3.05, 3.63) is 89.0 Å². The molecule has 5 heteroatoms. The SMILES string of the molecule is Cc1ccc(NC(=O)CSc2cccc(NC(=O)c3ccccc3C)c2)cc1C. The van der Waals surface area contributed by atoms with Crippen LogP contribution >= 0.6 is 11.8 Å². The number of anilines is 2. The van der Waals surface area contributed by atoms with E-state index in [9.17, 15) is 9.59 Å². The zero-order valence-corrected chi connectivity index (χ0v) is 17.6. The second-order valence-electron chi connectivity index (χ2n) is 6.93. The first kappa shape index (κ1) is 20.7. The molecule has 0 atom stereocenters. The van der Waals surface area contributed by atoms with Crippen molar-refractivity contribution >= 4 is 35.0 Å². The lowest BCUT2D eigenvalue weighted by molar-refractivity contribution is -0.113. The first-order chi connectivity index (χ1) is 13.9. The first-order valence-electron chi connectivity index (χ1n) is 9.39. The summed E-state index contributed by atoms with van der Waals surface area (Å²) in [6, 6.07) is 20.9. The van der Waals surface area contributed by atoms with Crippen LogP contribution in [0.3, 0.4) is 0 Å². The predicted octanol–water partition coefficient (Wildman–Crippen LogP) is 5.59. The summed E-state index contributed by atoms with van der Waals surface area (Å²) in [5.74, 6) is 0.0904. The van der Waals surface area contributed by atoms with Gasteiger partial charge in [-0.1, -0.05) is 30.3 Å². The molecule has 3 aromatic carbocycles. The monoisotopic (exact) mass is 404 g/mol. The molecular weight excluding hydrogens is 380 g/mol. The quantitative estimate of drug-likeness (QED) is 0.526. The number of hydrogen-bond donors (Lipinski definition) is 2. The molecule has 3 aromatic rings. The Labute approximate surface area is 175 Å². The Balaban J connectivity index is 1.58. The molecule has 2 amide bonds. The summed E-state index contributed by atoms with van der Waals surface area (Å²) in [4.78, 5) is 25.7. The molecular formula is C24H24N2O2S. The molecule has 0 saturated carbocycles. The average Bonchev–Trinajstić information content (AvgIpc) is 2.70. The maximum Gasteiger partial charge on any atom is 0.255 e. The van der Waals surface area contributed by atoms with Crippen molar-refractivity contribution in [2.24, 2.45) is 0 Å². The number of carbonyl (C=O) groups excluding carboxylic acids is 2. The van der Waals surface area contributed by atoms with Crippen LogP contribution in [0.1, 0.15) is 27.0 Å². The van der Waals surface area contributed by atoms with Crippen LogP contribution in [0.4, 0.5) is 11.4 Å². The van der Waals surface area contributed by atoms with Crippen LogP contribution in [0.5, 0.6) is 0 Å². The molecule has 0 aromatic heterocycles. The van der Waals surface area contributed by atoms with Gasteiger partial charge in [-0.05, 0) is 73.9 Å². The number of rotatable bonds is 6. The molecule has 0 bridgehead atoms. The Morgan fingerprint density at radius 2 is 1.52 bits per heavy atom. The van der Waals surface area contributed by atoms with E-state index in [1.807, 2.05) is 81.4 Å². The molecule has 3 rings (SSSR count). The molecule has 29 heavy (non-hydrogen) atoms. The van der Waals surface area contributed by atoms with Crippen molar-refractivity contribution in [1.82, 2.24) is 0 Å². The lowest BCUT2D eigenvalue weighted by Gasteiger charge is -2.10. The highest BCUT2D eigenvalue weighted by atomic mass is 32.2. The molecule has 0 fully saturated rings. The van der Waals surface area contributed by atoms with Crippen LogP contribution in [0.25, 0.3) is 0 Å². The number of aryl methyl sites for hydroxylation is 3. The highest BCUT2D eigenvalue weighted by Crippen LogP contribution is 2.23. The van der Waals surface area contributed by atoms with Crippen LogP contribution in [0.15, 0.2) is 71.6 Å². The molecule has 2 N–H and O–H groups in total. The minimum atomic E-state index is -0.141. The molecule has 0 spiro atoms. The Hall–Kier alpha value is -3.05. The van der Waals surface area contributed by atoms with Crippen molar-refractivity contribution in [1.29, 1.82) is 0 Å². The van der Waals surface area contributed by atoms with E-state index in [0.717, 1.165) is 21.7 Å². The Morgan fingerprint density at radius 3 is 2.28 bits per heavy atom. The Bertz CT molecular complexity index is 1050. The van der Waals surface area contributed by atoms with Crippen LogP contribution < -0.4 is 10.6 Å². The number of thioether (sulfide) groups is 1. The third-order valence-corrected chi connectivity index (χ3v) is 5.64. The fraction of sp³-hybridized carbons (Fsp3) is 0.167. The van der Waals surface area contributed by atoms with Gasteiger partial charge in [0.2, 0.25) is 5.91 Å². The minimum absolute atomic E-state index is 0.0624. The molecule has 0 aliphatic rings. The van der Waals surface area contributed by atoms with Gasteiger partial charge < -0.3 is 10.6 Å². The summed E-state index contributed by atoms with van der Waals surface area (Å²) in [6.07, 6.45) is 0. The number of carbonyl (C=O) groups is 2. The number of hydrogen-bond acceptors (Lipinski definition) is 3. The van der Waals surface area contributed by atoms with Gasteiger partial charge in [0, 0.05) is 21.8 Å². The van der Waals surface area contributed by atoms with E-state index in [0.29, 0.717) is 17.0 Å². The standard InChI is InChI=1S/C24H24N2O2S/c1-16-11-12-20(13-18(16)3)25-23(27)15-29-21-9-6-8-19(14-21)26-24(28)22-10-5-4-7-17(22)2/h4-14H,15H2,1-3H3,(H,25,27)(H,26,28). The highest BCUT2D eigenvalue weighted by molar-refractivity contribution is 8.00. The van der Waals surface area contributed by atoms with Crippen LogP contribution in [-0.4, -0.2) is 17.6 Å².